The number of hydrogen-bond acceptors (Lipinski definition) is 2. The van der Waals surface area contributed by atoms with Crippen LogP contribution in [0.25, 0.3) is 50.1 Å². The van der Waals surface area contributed by atoms with Gasteiger partial charge in [-0.15, -0.1) is 0 Å². The molecule has 8 aromatic carbocycles. The van der Waals surface area contributed by atoms with Crippen molar-refractivity contribution in [2.75, 3.05) is 16.8 Å². The van der Waals surface area contributed by atoms with Crippen LogP contribution < -0.4 is 9.80 Å². The Hall–Kier alpha value is -8.20. The molecule has 0 saturated heterocycles. The van der Waals surface area contributed by atoms with Crippen molar-refractivity contribution >= 4 is 28.3 Å². The summed E-state index contributed by atoms with van der Waals surface area (Å²) in [6.45, 7) is 19.3. The van der Waals surface area contributed by atoms with Crippen molar-refractivity contribution in [1.29, 1.82) is 0 Å². The Morgan fingerprint density at radius 2 is 0.972 bits per heavy atom. The zero-order valence-electron chi connectivity index (χ0n) is 42.1. The number of rotatable bonds is 10. The minimum atomic E-state index is -0.0799. The smallest absolute Gasteiger partial charge is 0.0467 e. The molecule has 10 rings (SSSR count). The molecule has 0 heterocycles. The summed E-state index contributed by atoms with van der Waals surface area (Å²) in [6, 6.07) is 71.0. The van der Waals surface area contributed by atoms with Crippen LogP contribution >= 0.6 is 0 Å². The van der Waals surface area contributed by atoms with Crippen LogP contribution in [0.1, 0.15) is 63.3 Å². The Bertz CT molecular complexity index is 3320. The number of nitrogens with zero attached hydrogens (tertiary/aromatic N) is 2. The topological polar surface area (TPSA) is 6.48 Å². The van der Waals surface area contributed by atoms with Crippen molar-refractivity contribution in [1.82, 2.24) is 0 Å². The van der Waals surface area contributed by atoms with E-state index >= 15 is 0 Å². The van der Waals surface area contributed by atoms with Gasteiger partial charge < -0.3 is 9.80 Å². The van der Waals surface area contributed by atoms with Gasteiger partial charge in [0.2, 0.25) is 0 Å². The molecule has 0 unspecified atom stereocenters. The standard InChI is InChI=1S/C62H54N2.C7H10/c1-43-26-35-50(38-39-61(2,3)58-24-12-10-22-55(43)58)63(6)52-20-14-16-48(40-52)46-31-27-44(28-32-46)45-29-33-47(34-30-45)49-17-15-21-53(41-49)64(51-18-8-7-9-19-51)54-36-37-57-56-23-11-13-25-59(56)62(4,5)60(57)42-54;1-3-5-7-6-4-2/h7-38,40-42H,1,39H2,2-6H3;3-7H,1H2,2H3/b35-26-,50-38+;6-4-,7-5-. The van der Waals surface area contributed by atoms with Gasteiger partial charge in [0, 0.05) is 40.9 Å². The molecule has 0 aliphatic heterocycles. The minimum Gasteiger partial charge on any atom is -0.345 e. The lowest BCUT2D eigenvalue weighted by atomic mass is 9.78. The molecule has 0 spiro atoms. The van der Waals surface area contributed by atoms with E-state index in [9.17, 15) is 0 Å². The van der Waals surface area contributed by atoms with Gasteiger partial charge in [-0.05, 0) is 146 Å². The average molecular weight is 921 g/mol. The lowest BCUT2D eigenvalue weighted by Crippen LogP contribution is -2.19. The first-order valence-corrected chi connectivity index (χ1v) is 24.8. The lowest BCUT2D eigenvalue weighted by molar-refractivity contribution is 0.531. The molecule has 0 N–H and O–H groups in total. The number of likely N-dealkylation sites (N-methyl/N-ethyl adjacent to an activating group) is 1. The van der Waals surface area contributed by atoms with Gasteiger partial charge in [0.15, 0.2) is 0 Å². The highest BCUT2D eigenvalue weighted by molar-refractivity contribution is 5.87. The van der Waals surface area contributed by atoms with E-state index in [4.69, 9.17) is 0 Å². The van der Waals surface area contributed by atoms with Crippen LogP contribution in [0, 0.1) is 0 Å². The van der Waals surface area contributed by atoms with E-state index < -0.39 is 0 Å². The Morgan fingerprint density at radius 3 is 1.61 bits per heavy atom. The van der Waals surface area contributed by atoms with Crippen molar-refractivity contribution in [2.24, 2.45) is 0 Å². The molecule has 0 saturated carbocycles. The zero-order chi connectivity index (χ0) is 49.5. The van der Waals surface area contributed by atoms with Crippen LogP contribution in [0.4, 0.5) is 22.7 Å². The van der Waals surface area contributed by atoms with Gasteiger partial charge in [0.05, 0.1) is 0 Å². The first kappa shape index (κ1) is 47.8. The fraction of sp³-hybridized carbons (Fsp3) is 0.130. The number of fused-ring (bicyclic) bond motifs is 4. The summed E-state index contributed by atoms with van der Waals surface area (Å²) in [5, 5.41) is 0. The van der Waals surface area contributed by atoms with Crippen LogP contribution in [0.15, 0.2) is 262 Å². The van der Waals surface area contributed by atoms with Gasteiger partial charge in [-0.3, -0.25) is 0 Å². The van der Waals surface area contributed by atoms with Crippen LogP contribution in [0.5, 0.6) is 0 Å². The summed E-state index contributed by atoms with van der Waals surface area (Å²) >= 11 is 0. The van der Waals surface area contributed by atoms with Crippen LogP contribution in [0.3, 0.4) is 0 Å². The molecule has 0 fully saturated rings. The summed E-state index contributed by atoms with van der Waals surface area (Å²) in [4.78, 5) is 4.68. The van der Waals surface area contributed by atoms with Gasteiger partial charge in [0.1, 0.15) is 0 Å². The highest BCUT2D eigenvalue weighted by atomic mass is 15.1. The van der Waals surface area contributed by atoms with Crippen molar-refractivity contribution in [3.05, 3.63) is 284 Å². The van der Waals surface area contributed by atoms with Crippen molar-refractivity contribution in [2.45, 2.75) is 51.9 Å². The largest absolute Gasteiger partial charge is 0.345 e. The predicted molar refractivity (Wildman–Crippen MR) is 308 cm³/mol. The quantitative estimate of drug-likeness (QED) is 0.126. The maximum Gasteiger partial charge on any atom is 0.0467 e. The molecule has 2 aliphatic rings. The van der Waals surface area contributed by atoms with Crippen molar-refractivity contribution in [3.63, 3.8) is 0 Å². The van der Waals surface area contributed by atoms with E-state index in [0.29, 0.717) is 0 Å². The van der Waals surface area contributed by atoms with Crippen molar-refractivity contribution in [3.8, 4) is 44.5 Å². The number of anilines is 4. The summed E-state index contributed by atoms with van der Waals surface area (Å²) in [6.07, 6.45) is 17.2. The van der Waals surface area contributed by atoms with Gasteiger partial charge in [-0.1, -0.05) is 229 Å². The molecule has 8 aromatic rings. The molecule has 0 bridgehead atoms. The van der Waals surface area contributed by atoms with E-state index in [-0.39, 0.29) is 10.8 Å². The Balaban J connectivity index is 0.000000831. The molecule has 2 aliphatic carbocycles. The molecule has 0 aromatic heterocycles. The Morgan fingerprint density at radius 1 is 0.451 bits per heavy atom. The molecule has 2 heteroatoms. The number of para-hydroxylation sites is 1. The minimum absolute atomic E-state index is 0.0210. The fourth-order valence-corrected chi connectivity index (χ4v) is 10.1. The normalized spacial score (nSPS) is 15.4. The predicted octanol–water partition coefficient (Wildman–Crippen LogP) is 19.0. The molecule has 71 heavy (non-hydrogen) atoms. The molecular formula is C69H64N2. The molecular weight excluding hydrogens is 857 g/mol. The number of allylic oxidation sites excluding steroid dienone is 9. The van der Waals surface area contributed by atoms with Gasteiger partial charge in [0.25, 0.3) is 0 Å². The Labute approximate surface area is 423 Å². The third-order valence-electron chi connectivity index (χ3n) is 14.2. The van der Waals surface area contributed by atoms with Gasteiger partial charge in [-0.25, -0.2) is 0 Å². The van der Waals surface area contributed by atoms with Gasteiger partial charge in [-0.2, -0.15) is 0 Å². The third kappa shape index (κ3) is 10.1. The second-order valence-electron chi connectivity index (χ2n) is 19.7. The monoisotopic (exact) mass is 921 g/mol. The molecule has 2 nitrogen and oxygen atoms in total. The first-order chi connectivity index (χ1) is 34.5. The van der Waals surface area contributed by atoms with Gasteiger partial charge >= 0.3 is 0 Å². The zero-order valence-corrected chi connectivity index (χ0v) is 42.1. The number of benzene rings is 8. The summed E-state index contributed by atoms with van der Waals surface area (Å²) < 4.78 is 0. The first-order valence-electron chi connectivity index (χ1n) is 24.8. The maximum atomic E-state index is 4.44. The fourth-order valence-electron chi connectivity index (χ4n) is 10.1. The van der Waals surface area contributed by atoms with Crippen LogP contribution in [0.2, 0.25) is 0 Å². The maximum absolute atomic E-state index is 4.44. The molecule has 0 atom stereocenters. The van der Waals surface area contributed by atoms with E-state index in [0.717, 1.165) is 40.4 Å². The second kappa shape index (κ2) is 20.8. The van der Waals surface area contributed by atoms with Crippen LogP contribution in [-0.2, 0) is 10.8 Å². The Kier molecular flexibility index (Phi) is 14.0. The average Bonchev–Trinajstić information content (AvgIpc) is 3.66. The molecule has 0 amide bonds. The van der Waals surface area contributed by atoms with Crippen LogP contribution in [-0.4, -0.2) is 7.05 Å². The van der Waals surface area contributed by atoms with E-state index in [2.05, 4.69) is 270 Å². The molecule has 350 valence electrons. The van der Waals surface area contributed by atoms with E-state index in [1.807, 2.05) is 31.2 Å². The van der Waals surface area contributed by atoms with Crippen molar-refractivity contribution < 1.29 is 0 Å². The summed E-state index contributed by atoms with van der Waals surface area (Å²) in [5.74, 6) is 0. The summed E-state index contributed by atoms with van der Waals surface area (Å²) in [5.41, 5.74) is 21.8. The number of hydrogen-bond donors (Lipinski definition) is 0. The van der Waals surface area contributed by atoms with E-state index in [1.165, 1.54) is 66.8 Å². The highest BCUT2D eigenvalue weighted by Gasteiger charge is 2.36. The second-order valence-corrected chi connectivity index (χ2v) is 19.7. The summed E-state index contributed by atoms with van der Waals surface area (Å²) in [7, 11) is 2.16. The molecule has 0 radical (unpaired) electrons. The highest BCUT2D eigenvalue weighted by Crippen LogP contribution is 2.51. The van der Waals surface area contributed by atoms with E-state index in [1.54, 1.807) is 6.08 Å². The third-order valence-corrected chi connectivity index (χ3v) is 14.2. The SMILES string of the molecule is C=C/C=C\C=C/C.C=C1/C=C\C(N(C)c2cccc(-c3ccc(-c4ccc(-c5cccc(N(c6ccccc6)c6ccc7c(c6)C(C)(C)c6ccccc6-7)c5)cc4)cc3)c2)=C/CC(C)(C)c2ccccc21. The lowest BCUT2D eigenvalue weighted by Gasteiger charge is -2.28.